The van der Waals surface area contributed by atoms with Crippen molar-refractivity contribution in [3.8, 4) is 0 Å². The highest BCUT2D eigenvalue weighted by atomic mass is 16.5. The number of carbonyl (C=O) groups is 2. The number of hydrogen-bond donors (Lipinski definition) is 3. The highest BCUT2D eigenvalue weighted by Crippen LogP contribution is 2.26. The molecule has 0 bridgehead atoms. The molecule has 3 N–H and O–H groups in total. The first-order valence-corrected chi connectivity index (χ1v) is 7.65. The highest BCUT2D eigenvalue weighted by molar-refractivity contribution is 5.82. The van der Waals surface area contributed by atoms with Crippen molar-refractivity contribution in [1.82, 2.24) is 5.32 Å². The Morgan fingerprint density at radius 1 is 1.43 bits per heavy atom. The molecule has 0 spiro atoms. The third-order valence-corrected chi connectivity index (χ3v) is 3.98. The summed E-state index contributed by atoms with van der Waals surface area (Å²) in [6, 6.07) is 0. The Morgan fingerprint density at radius 2 is 2.10 bits per heavy atom. The van der Waals surface area contributed by atoms with E-state index in [1.54, 1.807) is 0 Å². The van der Waals surface area contributed by atoms with Crippen molar-refractivity contribution in [1.29, 1.82) is 0 Å². The fraction of sp³-hybridized carbons (Fsp3) is 0.867. The van der Waals surface area contributed by atoms with Crippen molar-refractivity contribution < 1.29 is 24.5 Å². The van der Waals surface area contributed by atoms with Crippen LogP contribution in [0.25, 0.3) is 0 Å². The maximum absolute atomic E-state index is 12.1. The van der Waals surface area contributed by atoms with Crippen molar-refractivity contribution in [3.05, 3.63) is 0 Å². The summed E-state index contributed by atoms with van der Waals surface area (Å²) in [7, 11) is 0. The molecule has 21 heavy (non-hydrogen) atoms. The third-order valence-electron chi connectivity index (χ3n) is 3.98. The number of ether oxygens (including phenoxy) is 1. The lowest BCUT2D eigenvalue weighted by molar-refractivity contribution is -0.157. The van der Waals surface area contributed by atoms with E-state index in [4.69, 9.17) is 9.84 Å². The summed E-state index contributed by atoms with van der Waals surface area (Å²) < 4.78 is 5.86. The molecule has 1 fully saturated rings. The van der Waals surface area contributed by atoms with Gasteiger partial charge in [-0.15, -0.1) is 0 Å². The van der Waals surface area contributed by atoms with E-state index in [1.807, 2.05) is 6.92 Å². The molecule has 0 radical (unpaired) electrons. The Labute approximate surface area is 125 Å². The van der Waals surface area contributed by atoms with Crippen molar-refractivity contribution in [2.45, 2.75) is 70.7 Å². The minimum atomic E-state index is -1.96. The van der Waals surface area contributed by atoms with Crippen LogP contribution in [0.1, 0.15) is 52.9 Å². The Bertz CT molecular complexity index is 369. The van der Waals surface area contributed by atoms with Crippen LogP contribution in [-0.2, 0) is 14.3 Å². The Hall–Kier alpha value is -1.14. The molecular formula is C15H27NO5. The lowest BCUT2D eigenvalue weighted by atomic mass is 9.88. The van der Waals surface area contributed by atoms with Gasteiger partial charge in [0.25, 0.3) is 0 Å². The predicted molar refractivity (Wildman–Crippen MR) is 77.9 cm³/mol. The van der Waals surface area contributed by atoms with Gasteiger partial charge >= 0.3 is 5.97 Å². The predicted octanol–water partition coefficient (Wildman–Crippen LogP) is 1.31. The lowest BCUT2D eigenvalue weighted by Gasteiger charge is -2.30. The van der Waals surface area contributed by atoms with Crippen LogP contribution < -0.4 is 5.32 Å². The number of carboxylic acids is 1. The zero-order chi connectivity index (χ0) is 16.0. The smallest absolute Gasteiger partial charge is 0.337 e. The molecule has 1 saturated carbocycles. The Balaban J connectivity index is 2.47. The van der Waals surface area contributed by atoms with Crippen LogP contribution in [0.2, 0.25) is 0 Å². The van der Waals surface area contributed by atoms with Crippen LogP contribution in [-0.4, -0.2) is 46.4 Å². The standard InChI is InChI=1S/C15H27NO5/c1-4-12(21-11-7-5-6-10(2)8-11)13(17)16-9-15(3,20)14(18)19/h10-12,20H,4-9H2,1-3H3,(H,16,17)(H,18,19). The van der Waals surface area contributed by atoms with Crippen molar-refractivity contribution in [3.63, 3.8) is 0 Å². The van der Waals surface area contributed by atoms with Gasteiger partial charge in [-0.05, 0) is 32.1 Å². The molecule has 0 aromatic heterocycles. The number of nitrogens with one attached hydrogen (secondary N) is 1. The first-order valence-electron chi connectivity index (χ1n) is 7.65. The van der Waals surface area contributed by atoms with Crippen molar-refractivity contribution in [2.75, 3.05) is 6.54 Å². The van der Waals surface area contributed by atoms with Gasteiger partial charge in [-0.2, -0.15) is 0 Å². The molecule has 6 nitrogen and oxygen atoms in total. The van der Waals surface area contributed by atoms with E-state index >= 15 is 0 Å². The molecule has 0 aliphatic heterocycles. The average Bonchev–Trinajstić information content (AvgIpc) is 2.42. The molecule has 4 unspecified atom stereocenters. The second-order valence-electron chi connectivity index (χ2n) is 6.22. The minimum absolute atomic E-state index is 0.0874. The van der Waals surface area contributed by atoms with Gasteiger partial charge in [-0.3, -0.25) is 4.79 Å². The number of amides is 1. The number of carbonyl (C=O) groups excluding carboxylic acids is 1. The van der Waals surface area contributed by atoms with E-state index in [1.165, 1.54) is 6.42 Å². The van der Waals surface area contributed by atoms with E-state index in [0.29, 0.717) is 12.3 Å². The maximum Gasteiger partial charge on any atom is 0.337 e. The highest BCUT2D eigenvalue weighted by Gasteiger charge is 2.32. The molecule has 4 atom stereocenters. The monoisotopic (exact) mass is 301 g/mol. The number of aliphatic carboxylic acids is 1. The van der Waals surface area contributed by atoms with Crippen LogP contribution in [0.3, 0.4) is 0 Å². The van der Waals surface area contributed by atoms with Gasteiger partial charge in [0, 0.05) is 0 Å². The van der Waals surface area contributed by atoms with Crippen molar-refractivity contribution in [2.24, 2.45) is 5.92 Å². The second kappa shape index (κ2) is 7.75. The summed E-state index contributed by atoms with van der Waals surface area (Å²) in [5, 5.41) is 20.9. The Kier molecular flexibility index (Phi) is 6.61. The molecule has 1 rings (SSSR count). The van der Waals surface area contributed by atoms with Gasteiger partial charge in [-0.1, -0.05) is 26.7 Å². The summed E-state index contributed by atoms with van der Waals surface area (Å²) in [4.78, 5) is 22.9. The molecule has 0 heterocycles. The number of carboxylic acid groups (broad SMARTS) is 1. The maximum atomic E-state index is 12.1. The molecule has 122 valence electrons. The molecule has 0 aromatic rings. The molecular weight excluding hydrogens is 274 g/mol. The van der Waals surface area contributed by atoms with Gasteiger partial charge in [0.15, 0.2) is 5.60 Å². The van der Waals surface area contributed by atoms with E-state index in [9.17, 15) is 14.7 Å². The largest absolute Gasteiger partial charge is 0.479 e. The zero-order valence-corrected chi connectivity index (χ0v) is 13.1. The van der Waals surface area contributed by atoms with E-state index in [0.717, 1.165) is 26.2 Å². The van der Waals surface area contributed by atoms with Crippen LogP contribution in [0.5, 0.6) is 0 Å². The summed E-state index contributed by atoms with van der Waals surface area (Å²) in [6.45, 7) is 4.86. The number of hydrogen-bond acceptors (Lipinski definition) is 4. The molecule has 0 saturated heterocycles. The Morgan fingerprint density at radius 3 is 2.62 bits per heavy atom. The van der Waals surface area contributed by atoms with Crippen LogP contribution in [0.4, 0.5) is 0 Å². The number of aliphatic hydroxyl groups is 1. The third kappa shape index (κ3) is 5.63. The molecule has 1 aliphatic carbocycles. The molecule has 1 amide bonds. The summed E-state index contributed by atoms with van der Waals surface area (Å²) in [5.41, 5.74) is -1.96. The van der Waals surface area contributed by atoms with E-state index in [-0.39, 0.29) is 18.6 Å². The van der Waals surface area contributed by atoms with Gasteiger partial charge in [0.05, 0.1) is 12.6 Å². The summed E-state index contributed by atoms with van der Waals surface area (Å²) in [6.07, 6.45) is 4.24. The SMILES string of the molecule is CCC(OC1CCCC(C)C1)C(=O)NCC(C)(O)C(=O)O. The first-order chi connectivity index (χ1) is 9.76. The zero-order valence-electron chi connectivity index (χ0n) is 13.1. The lowest BCUT2D eigenvalue weighted by Crippen LogP contribution is -2.49. The van der Waals surface area contributed by atoms with Crippen LogP contribution in [0.15, 0.2) is 0 Å². The molecule has 1 aliphatic rings. The number of rotatable bonds is 7. The fourth-order valence-corrected chi connectivity index (χ4v) is 2.53. The minimum Gasteiger partial charge on any atom is -0.479 e. The fourth-order valence-electron chi connectivity index (χ4n) is 2.53. The van der Waals surface area contributed by atoms with Gasteiger partial charge in [-0.25, -0.2) is 4.79 Å². The quantitative estimate of drug-likeness (QED) is 0.659. The normalized spacial score (nSPS) is 26.7. The van der Waals surface area contributed by atoms with Crippen molar-refractivity contribution >= 4 is 11.9 Å². The van der Waals surface area contributed by atoms with Crippen LogP contribution in [0, 0.1) is 5.92 Å². The van der Waals surface area contributed by atoms with Gasteiger partial charge in [0.1, 0.15) is 6.10 Å². The molecule has 0 aromatic carbocycles. The second-order valence-corrected chi connectivity index (χ2v) is 6.22. The summed E-state index contributed by atoms with van der Waals surface area (Å²) >= 11 is 0. The van der Waals surface area contributed by atoms with Gasteiger partial charge < -0.3 is 20.3 Å². The van der Waals surface area contributed by atoms with Gasteiger partial charge in [0.2, 0.25) is 5.91 Å². The topological polar surface area (TPSA) is 95.9 Å². The molecule has 6 heteroatoms. The summed E-state index contributed by atoms with van der Waals surface area (Å²) in [5.74, 6) is -1.12. The van der Waals surface area contributed by atoms with E-state index < -0.39 is 17.7 Å². The average molecular weight is 301 g/mol. The van der Waals surface area contributed by atoms with Crippen LogP contribution >= 0.6 is 0 Å². The van der Waals surface area contributed by atoms with E-state index in [2.05, 4.69) is 12.2 Å². The first kappa shape index (κ1) is 17.9.